The van der Waals surface area contributed by atoms with Gasteiger partial charge in [-0.05, 0) is 56.0 Å². The molecular formula is C19H33N3O3SSi. The van der Waals surface area contributed by atoms with Crippen LogP contribution in [-0.2, 0) is 4.43 Å². The molecule has 1 heterocycles. The molecule has 0 unspecified atom stereocenters. The van der Waals surface area contributed by atoms with Gasteiger partial charge in [-0.25, -0.2) is 14.8 Å². The van der Waals surface area contributed by atoms with Gasteiger partial charge < -0.3 is 14.8 Å². The number of nitrogens with zero attached hydrogens (tertiary/aromatic N) is 2. The molecule has 0 amide bonds. The minimum absolute atomic E-state index is 0.135. The van der Waals surface area contributed by atoms with Gasteiger partial charge in [0.15, 0.2) is 13.5 Å². The fraction of sp³-hybridized carbons (Fsp3) is 0.737. The van der Waals surface area contributed by atoms with Crippen molar-refractivity contribution in [1.29, 1.82) is 0 Å². The molecule has 6 nitrogen and oxygen atoms in total. The Labute approximate surface area is 168 Å². The summed E-state index contributed by atoms with van der Waals surface area (Å²) in [5, 5.41) is 13.5. The van der Waals surface area contributed by atoms with E-state index in [1.54, 1.807) is 0 Å². The molecule has 1 aromatic rings. The van der Waals surface area contributed by atoms with E-state index in [1.807, 2.05) is 6.26 Å². The number of thioether (sulfide) groups is 1. The molecular weight excluding hydrogens is 378 g/mol. The molecule has 0 spiro atoms. The summed E-state index contributed by atoms with van der Waals surface area (Å²) in [7, 11) is -1.70. The van der Waals surface area contributed by atoms with Crippen molar-refractivity contribution in [1.82, 2.24) is 9.97 Å². The van der Waals surface area contributed by atoms with E-state index in [1.165, 1.54) is 18.0 Å². The molecule has 1 aromatic heterocycles. The van der Waals surface area contributed by atoms with E-state index in [9.17, 15) is 9.90 Å². The maximum Gasteiger partial charge on any atom is 0.341 e. The van der Waals surface area contributed by atoms with Gasteiger partial charge in [-0.2, -0.15) is 0 Å². The summed E-state index contributed by atoms with van der Waals surface area (Å²) in [6.07, 6.45) is 7.46. The first-order valence-corrected chi connectivity index (χ1v) is 13.7. The van der Waals surface area contributed by atoms with Crippen molar-refractivity contribution in [3.8, 4) is 0 Å². The lowest BCUT2D eigenvalue weighted by atomic mass is 9.86. The van der Waals surface area contributed by atoms with Gasteiger partial charge in [0.1, 0.15) is 11.4 Å². The largest absolute Gasteiger partial charge is 0.477 e. The average molecular weight is 412 g/mol. The first-order chi connectivity index (χ1) is 12.5. The van der Waals surface area contributed by atoms with Crippen LogP contribution in [0, 0.1) is 5.92 Å². The highest BCUT2D eigenvalue weighted by molar-refractivity contribution is 7.98. The highest BCUT2D eigenvalue weighted by Crippen LogP contribution is 2.37. The van der Waals surface area contributed by atoms with Gasteiger partial charge in [0, 0.05) is 18.8 Å². The maximum atomic E-state index is 11.4. The molecule has 1 aliphatic rings. The number of carbonyl (C=O) groups is 1. The monoisotopic (exact) mass is 411 g/mol. The fourth-order valence-corrected chi connectivity index (χ4v) is 4.37. The molecule has 8 heteroatoms. The van der Waals surface area contributed by atoms with Crippen LogP contribution in [0.3, 0.4) is 0 Å². The number of aromatic carboxylic acids is 1. The molecule has 0 bridgehead atoms. The third-order valence-electron chi connectivity index (χ3n) is 5.85. The molecule has 2 N–H and O–H groups in total. The van der Waals surface area contributed by atoms with Crippen LogP contribution in [0.25, 0.3) is 0 Å². The topological polar surface area (TPSA) is 84.3 Å². The minimum Gasteiger partial charge on any atom is -0.477 e. The van der Waals surface area contributed by atoms with E-state index in [0.717, 1.165) is 32.3 Å². The molecule has 1 fully saturated rings. The van der Waals surface area contributed by atoms with Crippen LogP contribution in [0.4, 0.5) is 5.82 Å². The third kappa shape index (κ3) is 5.92. The second-order valence-electron chi connectivity index (χ2n) is 8.86. The Morgan fingerprint density at radius 2 is 1.96 bits per heavy atom. The lowest BCUT2D eigenvalue weighted by Crippen LogP contribution is -2.42. The van der Waals surface area contributed by atoms with Crippen molar-refractivity contribution in [2.24, 2.45) is 5.92 Å². The predicted octanol–water partition coefficient (Wildman–Crippen LogP) is 4.89. The van der Waals surface area contributed by atoms with Gasteiger partial charge >= 0.3 is 5.97 Å². The van der Waals surface area contributed by atoms with Crippen molar-refractivity contribution in [2.45, 2.75) is 75.8 Å². The second kappa shape index (κ2) is 8.92. The zero-order valence-corrected chi connectivity index (χ0v) is 19.2. The van der Waals surface area contributed by atoms with Crippen LogP contribution in [0.5, 0.6) is 0 Å². The third-order valence-corrected chi connectivity index (χ3v) is 10.9. The summed E-state index contributed by atoms with van der Waals surface area (Å²) in [6.45, 7) is 12.2. The van der Waals surface area contributed by atoms with Gasteiger partial charge in [0.05, 0.1) is 0 Å². The van der Waals surface area contributed by atoms with Crippen LogP contribution in [-0.4, -0.2) is 48.3 Å². The van der Waals surface area contributed by atoms with Gasteiger partial charge in [-0.1, -0.05) is 32.5 Å². The number of anilines is 1. The number of hydrogen-bond donors (Lipinski definition) is 2. The number of hydrogen-bond acceptors (Lipinski definition) is 6. The Bertz CT molecular complexity index is 656. The van der Waals surface area contributed by atoms with Gasteiger partial charge in [0.25, 0.3) is 0 Å². The Morgan fingerprint density at radius 1 is 1.33 bits per heavy atom. The van der Waals surface area contributed by atoms with Gasteiger partial charge in [0.2, 0.25) is 0 Å². The molecule has 1 saturated carbocycles. The number of carboxylic acids is 1. The SMILES string of the molecule is CSc1ncc(C(=O)O)c(NC2CCC(CO[Si](C)(C)C(C)(C)C)CC2)n1. The van der Waals surface area contributed by atoms with Gasteiger partial charge in [-0.3, -0.25) is 0 Å². The van der Waals surface area contributed by atoms with Crippen molar-refractivity contribution in [3.63, 3.8) is 0 Å². The molecule has 0 aliphatic heterocycles. The van der Waals surface area contributed by atoms with E-state index in [2.05, 4.69) is 49.1 Å². The standard InChI is InChI=1S/C19H33N3O3SSi/c1-19(2,3)27(5,6)25-12-13-7-9-14(10-8-13)21-16-15(17(23)24)11-20-18(22-16)26-4/h11,13-14H,7-10,12H2,1-6H3,(H,23,24)(H,20,21,22). The summed E-state index contributed by atoms with van der Waals surface area (Å²) in [4.78, 5) is 19.9. The molecule has 0 saturated heterocycles. The van der Waals surface area contributed by atoms with Crippen LogP contribution in [0.15, 0.2) is 11.4 Å². The number of rotatable bonds is 7. The summed E-state index contributed by atoms with van der Waals surface area (Å²) in [5.41, 5.74) is 0.135. The van der Waals surface area contributed by atoms with E-state index in [-0.39, 0.29) is 16.6 Å². The van der Waals surface area contributed by atoms with Crippen molar-refractivity contribution >= 4 is 31.9 Å². The second-order valence-corrected chi connectivity index (χ2v) is 14.4. The first kappa shape index (κ1) is 22.2. The van der Waals surface area contributed by atoms with Crippen LogP contribution >= 0.6 is 11.8 Å². The number of carboxylic acid groups (broad SMARTS) is 1. The predicted molar refractivity (Wildman–Crippen MR) is 113 cm³/mol. The average Bonchev–Trinajstić information content (AvgIpc) is 2.60. The maximum absolute atomic E-state index is 11.4. The molecule has 1 aliphatic carbocycles. The summed E-state index contributed by atoms with van der Waals surface area (Å²) in [6, 6.07) is 0.247. The summed E-state index contributed by atoms with van der Waals surface area (Å²) in [5.74, 6) is 0.0210. The van der Waals surface area contributed by atoms with Crippen molar-refractivity contribution in [3.05, 3.63) is 11.8 Å². The van der Waals surface area contributed by atoms with Crippen LogP contribution in [0.2, 0.25) is 18.1 Å². The molecule has 27 heavy (non-hydrogen) atoms. The van der Waals surface area contributed by atoms with E-state index in [0.29, 0.717) is 16.9 Å². The fourth-order valence-electron chi connectivity index (χ4n) is 2.94. The summed E-state index contributed by atoms with van der Waals surface area (Å²) < 4.78 is 6.39. The van der Waals surface area contributed by atoms with E-state index >= 15 is 0 Å². The number of nitrogens with one attached hydrogen (secondary N) is 1. The van der Waals surface area contributed by atoms with E-state index < -0.39 is 14.3 Å². The minimum atomic E-state index is -1.70. The zero-order chi connectivity index (χ0) is 20.2. The molecule has 152 valence electrons. The Balaban J connectivity index is 1.91. The van der Waals surface area contributed by atoms with Crippen molar-refractivity contribution in [2.75, 3.05) is 18.2 Å². The zero-order valence-electron chi connectivity index (χ0n) is 17.3. The molecule has 0 aromatic carbocycles. The Morgan fingerprint density at radius 3 is 2.48 bits per heavy atom. The highest BCUT2D eigenvalue weighted by atomic mass is 32.2. The van der Waals surface area contributed by atoms with Crippen LogP contribution < -0.4 is 5.32 Å². The Hall–Kier alpha value is -1.12. The lowest BCUT2D eigenvalue weighted by molar-refractivity contribution is 0.0696. The lowest BCUT2D eigenvalue weighted by Gasteiger charge is -2.38. The van der Waals surface area contributed by atoms with E-state index in [4.69, 9.17) is 4.43 Å². The molecule has 0 atom stereocenters. The Kier molecular flexibility index (Phi) is 7.32. The summed E-state index contributed by atoms with van der Waals surface area (Å²) >= 11 is 1.41. The number of aromatic nitrogens is 2. The quantitative estimate of drug-likeness (QED) is 0.375. The smallest absolute Gasteiger partial charge is 0.341 e. The first-order valence-electron chi connectivity index (χ1n) is 9.58. The van der Waals surface area contributed by atoms with Gasteiger partial charge in [-0.15, -0.1) is 0 Å². The normalized spacial score (nSPS) is 21.1. The van der Waals surface area contributed by atoms with Crippen molar-refractivity contribution < 1.29 is 14.3 Å². The highest BCUT2D eigenvalue weighted by Gasteiger charge is 2.37. The van der Waals surface area contributed by atoms with Crippen LogP contribution in [0.1, 0.15) is 56.8 Å². The molecule has 2 rings (SSSR count). The molecule has 0 radical (unpaired) electrons.